The lowest BCUT2D eigenvalue weighted by molar-refractivity contribution is 0.966. The van der Waals surface area contributed by atoms with Crippen LogP contribution in [0.25, 0.3) is 144 Å². The highest BCUT2D eigenvalue weighted by Crippen LogP contribution is 2.54. The molecule has 1 aliphatic carbocycles. The van der Waals surface area contributed by atoms with Crippen molar-refractivity contribution in [3.63, 3.8) is 0 Å². The van der Waals surface area contributed by atoms with Crippen molar-refractivity contribution in [1.29, 1.82) is 5.26 Å². The molecule has 0 radical (unpaired) electrons. The number of allylic oxidation sites excluding steroid dienone is 4. The van der Waals surface area contributed by atoms with Gasteiger partial charge in [0.05, 0.1) is 78.5 Å². The molecule has 0 fully saturated rings. The van der Waals surface area contributed by atoms with Gasteiger partial charge in [-0.05, 0) is 54.6 Å². The van der Waals surface area contributed by atoms with Gasteiger partial charge in [0, 0.05) is 71.3 Å². The third kappa shape index (κ3) is 6.89. The summed E-state index contributed by atoms with van der Waals surface area (Å²) in [5.41, 5.74) is 15.8. The first-order valence-corrected chi connectivity index (χ1v) is 28.1. The molecular formula is C75H46N8. The van der Waals surface area contributed by atoms with E-state index in [-0.39, 0.29) is 0 Å². The standard InChI is InChI=1S/C75H46N8/c76-46-47-43-44-50(45-47)67-68(75-78-73(48-23-3-1-4-24-48)77-74(79-75)49-25-5-2-6-26-49)70(81-61-37-17-9-29-53(61)54-30-10-18-38-62(54)81)72(83-65-41-21-13-33-57(65)58-34-14-22-42-66(58)83)71(82-63-39-19-11-31-55(63)56-32-12-20-40-64(56)82)69(67)80-59-35-15-7-27-51(59)52-28-8-16-36-60(52)80/h1-45,50H. The Kier molecular flexibility index (Phi) is 10.3. The van der Waals surface area contributed by atoms with Crippen LogP contribution in [0.4, 0.5) is 0 Å². The highest BCUT2D eigenvalue weighted by Gasteiger charge is 2.38. The molecule has 0 aliphatic heterocycles. The summed E-state index contributed by atoms with van der Waals surface area (Å²) in [5.74, 6) is 1.06. The first-order valence-electron chi connectivity index (χ1n) is 28.1. The Balaban J connectivity index is 1.25. The molecular weight excluding hydrogens is 1010 g/mol. The molecule has 0 bridgehead atoms. The number of benzene rings is 11. The third-order valence-corrected chi connectivity index (χ3v) is 16.9. The molecule has 386 valence electrons. The van der Waals surface area contributed by atoms with Crippen LogP contribution in [-0.2, 0) is 0 Å². The summed E-state index contributed by atoms with van der Waals surface area (Å²) in [6.45, 7) is 0. The molecule has 0 saturated heterocycles. The summed E-state index contributed by atoms with van der Waals surface area (Å²) in [6.07, 6.45) is 6.29. The van der Waals surface area contributed by atoms with Crippen molar-refractivity contribution in [2.24, 2.45) is 0 Å². The Morgan fingerprint density at radius 1 is 0.301 bits per heavy atom. The second-order valence-electron chi connectivity index (χ2n) is 21.3. The largest absolute Gasteiger partial charge is 0.307 e. The predicted octanol–water partition coefficient (Wildman–Crippen LogP) is 18.4. The maximum absolute atomic E-state index is 11.0. The fourth-order valence-corrected chi connectivity index (χ4v) is 13.5. The minimum absolute atomic E-state index is 0.481. The molecule has 16 aromatic rings. The van der Waals surface area contributed by atoms with Crippen LogP contribution in [-0.4, -0.2) is 33.2 Å². The Hall–Kier alpha value is -11.4. The van der Waals surface area contributed by atoms with Crippen molar-refractivity contribution >= 4 is 87.2 Å². The lowest BCUT2D eigenvalue weighted by Crippen LogP contribution is -2.19. The van der Waals surface area contributed by atoms with E-state index in [9.17, 15) is 5.26 Å². The van der Waals surface area contributed by atoms with Gasteiger partial charge in [0.1, 0.15) is 0 Å². The zero-order valence-corrected chi connectivity index (χ0v) is 44.6. The van der Waals surface area contributed by atoms with Crippen molar-refractivity contribution in [2.75, 3.05) is 0 Å². The van der Waals surface area contributed by atoms with Crippen LogP contribution < -0.4 is 0 Å². The molecule has 5 heterocycles. The number of aromatic nitrogens is 7. The third-order valence-electron chi connectivity index (χ3n) is 16.9. The SMILES string of the molecule is N#CC1=CC(c2c(-c3nc(-c4ccccc4)nc(-c4ccccc4)n3)c(-n3c4ccccc4c4ccccc43)c(-n3c4ccccc4c4ccccc43)c(-n3c4ccccc4c4ccccc43)c2-n2c3ccccc3c3ccccc32)C=C1. The number of hydrogen-bond donors (Lipinski definition) is 0. The molecule has 8 nitrogen and oxygen atoms in total. The fourth-order valence-electron chi connectivity index (χ4n) is 13.5. The highest BCUT2D eigenvalue weighted by atomic mass is 15.2. The number of hydrogen-bond acceptors (Lipinski definition) is 4. The minimum Gasteiger partial charge on any atom is -0.307 e. The molecule has 83 heavy (non-hydrogen) atoms. The zero-order valence-electron chi connectivity index (χ0n) is 44.6. The van der Waals surface area contributed by atoms with Crippen LogP contribution in [0.15, 0.2) is 279 Å². The average molecular weight is 1060 g/mol. The van der Waals surface area contributed by atoms with Crippen LogP contribution in [0.3, 0.4) is 0 Å². The predicted molar refractivity (Wildman–Crippen MR) is 339 cm³/mol. The lowest BCUT2D eigenvalue weighted by Gasteiger charge is -2.32. The van der Waals surface area contributed by atoms with E-state index in [2.05, 4.69) is 255 Å². The molecule has 1 aliphatic rings. The Bertz CT molecular complexity index is 5200. The van der Waals surface area contributed by atoms with Gasteiger partial charge in [0.2, 0.25) is 0 Å². The Labute approximate surface area is 476 Å². The highest BCUT2D eigenvalue weighted by molar-refractivity contribution is 6.17. The average Bonchev–Trinajstić information content (AvgIpc) is 1.91. The van der Waals surface area contributed by atoms with Crippen LogP contribution in [0.2, 0.25) is 0 Å². The second kappa shape index (κ2) is 18.3. The van der Waals surface area contributed by atoms with Gasteiger partial charge >= 0.3 is 0 Å². The fraction of sp³-hybridized carbons (Fsp3) is 0.0133. The van der Waals surface area contributed by atoms with Gasteiger partial charge in [-0.2, -0.15) is 5.26 Å². The molecule has 0 amide bonds. The summed E-state index contributed by atoms with van der Waals surface area (Å²) in [4.78, 5) is 17.0. The van der Waals surface area contributed by atoms with Gasteiger partial charge < -0.3 is 18.3 Å². The molecule has 1 atom stereocenters. The van der Waals surface area contributed by atoms with E-state index >= 15 is 0 Å². The summed E-state index contributed by atoms with van der Waals surface area (Å²) >= 11 is 0. The molecule has 0 N–H and O–H groups in total. The number of rotatable bonds is 8. The normalized spacial score (nSPS) is 13.4. The van der Waals surface area contributed by atoms with Crippen LogP contribution in [0.1, 0.15) is 11.5 Å². The van der Waals surface area contributed by atoms with Crippen molar-refractivity contribution in [1.82, 2.24) is 33.2 Å². The monoisotopic (exact) mass is 1060 g/mol. The quantitative estimate of drug-likeness (QED) is 0.152. The smallest absolute Gasteiger partial charge is 0.166 e. The molecule has 17 rings (SSSR count). The summed E-state index contributed by atoms with van der Waals surface area (Å²) < 4.78 is 10.0. The van der Waals surface area contributed by atoms with Gasteiger partial charge in [0.25, 0.3) is 0 Å². The lowest BCUT2D eigenvalue weighted by atomic mass is 9.88. The van der Waals surface area contributed by atoms with E-state index in [1.165, 1.54) is 0 Å². The van der Waals surface area contributed by atoms with Crippen molar-refractivity contribution in [3.8, 4) is 63.0 Å². The van der Waals surface area contributed by atoms with Gasteiger partial charge in [0.15, 0.2) is 17.5 Å². The van der Waals surface area contributed by atoms with E-state index in [0.717, 1.165) is 132 Å². The molecule has 5 aromatic heterocycles. The van der Waals surface area contributed by atoms with E-state index in [0.29, 0.717) is 23.0 Å². The molecule has 8 heteroatoms. The molecule has 0 saturated carbocycles. The maximum atomic E-state index is 11.0. The van der Waals surface area contributed by atoms with E-state index in [4.69, 9.17) is 15.0 Å². The Morgan fingerprint density at radius 2 is 0.578 bits per heavy atom. The van der Waals surface area contributed by atoms with E-state index in [1.54, 1.807) is 0 Å². The van der Waals surface area contributed by atoms with Gasteiger partial charge in [-0.3, -0.25) is 0 Å². The summed E-state index contributed by atoms with van der Waals surface area (Å²) in [5, 5.41) is 19.9. The van der Waals surface area contributed by atoms with E-state index < -0.39 is 5.92 Å². The van der Waals surface area contributed by atoms with Gasteiger partial charge in [-0.15, -0.1) is 0 Å². The van der Waals surface area contributed by atoms with Crippen LogP contribution in [0, 0.1) is 11.3 Å². The van der Waals surface area contributed by atoms with Crippen LogP contribution >= 0.6 is 0 Å². The number of fused-ring (bicyclic) bond motifs is 12. The van der Waals surface area contributed by atoms with Gasteiger partial charge in [-0.1, -0.05) is 218 Å². The number of nitrogens with zero attached hydrogens (tertiary/aromatic N) is 8. The number of para-hydroxylation sites is 8. The Morgan fingerprint density at radius 3 is 0.904 bits per heavy atom. The van der Waals surface area contributed by atoms with Crippen molar-refractivity contribution in [2.45, 2.75) is 5.92 Å². The summed E-state index contributed by atoms with van der Waals surface area (Å²) in [7, 11) is 0. The summed E-state index contributed by atoms with van der Waals surface area (Å²) in [6, 6.07) is 93.4. The second-order valence-corrected chi connectivity index (χ2v) is 21.3. The minimum atomic E-state index is -0.488. The zero-order chi connectivity index (χ0) is 54.7. The van der Waals surface area contributed by atoms with Crippen molar-refractivity contribution < 1.29 is 0 Å². The first kappa shape index (κ1) is 46.5. The van der Waals surface area contributed by atoms with Crippen molar-refractivity contribution in [3.05, 3.63) is 284 Å². The first-order chi connectivity index (χ1) is 41.2. The maximum Gasteiger partial charge on any atom is 0.166 e. The van der Waals surface area contributed by atoms with Gasteiger partial charge in [-0.25, -0.2) is 15.0 Å². The van der Waals surface area contributed by atoms with Crippen LogP contribution in [0.5, 0.6) is 0 Å². The number of nitriles is 1. The molecule has 11 aromatic carbocycles. The molecule has 0 spiro atoms. The molecule has 1 unspecified atom stereocenters. The van der Waals surface area contributed by atoms with E-state index in [1.807, 2.05) is 42.5 Å². The topological polar surface area (TPSA) is 82.2 Å².